The molecule has 0 unspecified atom stereocenters. The van der Waals surface area contributed by atoms with Gasteiger partial charge in [-0.05, 0) is 56.9 Å². The maximum absolute atomic E-state index is 13.1. The minimum Gasteiger partial charge on any atom is -0.369 e. The molecule has 1 fully saturated rings. The molecule has 1 spiro atoms. The number of hydrogen-bond acceptors (Lipinski definition) is 6. The first kappa shape index (κ1) is 19.0. The zero-order valence-corrected chi connectivity index (χ0v) is 16.6. The number of para-hydroxylation sites is 1. The lowest BCUT2D eigenvalue weighted by molar-refractivity contribution is 0.102. The summed E-state index contributed by atoms with van der Waals surface area (Å²) in [6.07, 6.45) is 4.84. The van der Waals surface area contributed by atoms with Crippen LogP contribution in [0.15, 0.2) is 58.5 Å². The second kappa shape index (κ2) is 7.58. The molecule has 5 N–H and O–H groups in total. The Labute approximate surface area is 170 Å². The smallest absolute Gasteiger partial charge is 0.257 e. The van der Waals surface area contributed by atoms with Gasteiger partial charge in [0.05, 0.1) is 11.3 Å². The van der Waals surface area contributed by atoms with Crippen molar-refractivity contribution in [1.29, 1.82) is 0 Å². The van der Waals surface area contributed by atoms with Crippen LogP contribution in [-0.4, -0.2) is 23.5 Å². The molecule has 1 saturated carbocycles. The Morgan fingerprint density at radius 1 is 1.03 bits per heavy atom. The van der Waals surface area contributed by atoms with Crippen LogP contribution in [-0.2, 0) is 0 Å². The maximum atomic E-state index is 13.1. The molecule has 2 aliphatic rings. The van der Waals surface area contributed by atoms with E-state index in [1.54, 1.807) is 6.07 Å². The fourth-order valence-electron chi connectivity index (χ4n) is 4.17. The molecule has 1 aliphatic carbocycles. The van der Waals surface area contributed by atoms with E-state index in [0.29, 0.717) is 11.3 Å². The normalized spacial score (nSPS) is 18.2. The Balaban J connectivity index is 1.72. The van der Waals surface area contributed by atoms with E-state index >= 15 is 0 Å². The first-order valence-electron chi connectivity index (χ1n) is 9.95. The van der Waals surface area contributed by atoms with Crippen molar-refractivity contribution >= 4 is 29.2 Å². The number of nitrogens with zero attached hydrogens (tertiary/aromatic N) is 3. The number of guanidine groups is 2. The number of anilines is 2. The highest BCUT2D eigenvalue weighted by molar-refractivity contribution is 6.13. The van der Waals surface area contributed by atoms with Gasteiger partial charge in [-0.1, -0.05) is 36.2 Å². The van der Waals surface area contributed by atoms with Crippen LogP contribution in [0.2, 0.25) is 0 Å². The van der Waals surface area contributed by atoms with E-state index in [0.717, 1.165) is 43.4 Å². The predicted octanol–water partition coefficient (Wildman–Crippen LogP) is 3.36. The van der Waals surface area contributed by atoms with Crippen molar-refractivity contribution in [3.8, 4) is 0 Å². The Morgan fingerprint density at radius 3 is 2.45 bits per heavy atom. The van der Waals surface area contributed by atoms with E-state index in [-0.39, 0.29) is 17.8 Å². The van der Waals surface area contributed by atoms with Gasteiger partial charge in [0.1, 0.15) is 5.66 Å². The van der Waals surface area contributed by atoms with Crippen LogP contribution in [0.5, 0.6) is 0 Å². The first-order chi connectivity index (χ1) is 14.0. The van der Waals surface area contributed by atoms with E-state index < -0.39 is 5.66 Å². The molecule has 0 aromatic heterocycles. The molecular formula is C22H26N6O. The molecule has 29 heavy (non-hydrogen) atoms. The fourth-order valence-corrected chi connectivity index (χ4v) is 4.17. The number of benzene rings is 2. The van der Waals surface area contributed by atoms with Crippen LogP contribution >= 0.6 is 0 Å². The van der Waals surface area contributed by atoms with E-state index in [2.05, 4.69) is 10.3 Å². The summed E-state index contributed by atoms with van der Waals surface area (Å²) >= 11 is 0. The molecule has 150 valence electrons. The van der Waals surface area contributed by atoms with Crippen molar-refractivity contribution in [1.82, 2.24) is 0 Å². The minimum absolute atomic E-state index is 0.197. The summed E-state index contributed by atoms with van der Waals surface area (Å²) in [4.78, 5) is 23.9. The second-order valence-electron chi connectivity index (χ2n) is 7.66. The van der Waals surface area contributed by atoms with Crippen molar-refractivity contribution < 1.29 is 4.79 Å². The molecule has 7 nitrogen and oxygen atoms in total. The maximum Gasteiger partial charge on any atom is 0.257 e. The van der Waals surface area contributed by atoms with Gasteiger partial charge in [0, 0.05) is 5.69 Å². The van der Waals surface area contributed by atoms with E-state index in [4.69, 9.17) is 16.5 Å². The molecule has 0 bridgehead atoms. The molecule has 4 rings (SSSR count). The standard InChI is InChI=1S/C22H26N6O/c1-15-9-11-16(12-10-15)25-19(29)17-7-3-4-8-18(17)28-21(24)26-20(23)27-22(28)13-5-2-6-14-22/h3-4,7-12H,2,5-6,13-14H2,1H3,(H,25,29)(H4,23,24,26,27). The third kappa shape index (κ3) is 3.68. The van der Waals surface area contributed by atoms with Crippen molar-refractivity contribution in [2.75, 3.05) is 10.2 Å². The third-order valence-electron chi connectivity index (χ3n) is 5.55. The summed E-state index contributed by atoms with van der Waals surface area (Å²) in [6.45, 7) is 2.01. The number of rotatable bonds is 3. The van der Waals surface area contributed by atoms with Crippen LogP contribution < -0.4 is 21.7 Å². The topological polar surface area (TPSA) is 109 Å². The third-order valence-corrected chi connectivity index (χ3v) is 5.55. The summed E-state index contributed by atoms with van der Waals surface area (Å²) < 4.78 is 0. The zero-order chi connectivity index (χ0) is 20.4. The van der Waals surface area contributed by atoms with Crippen molar-refractivity contribution in [2.45, 2.75) is 44.7 Å². The molecule has 1 aliphatic heterocycles. The number of carbonyl (C=O) groups excluding carboxylic acids is 1. The lowest BCUT2D eigenvalue weighted by Gasteiger charge is -2.46. The average Bonchev–Trinajstić information content (AvgIpc) is 2.70. The van der Waals surface area contributed by atoms with Crippen LogP contribution in [0.3, 0.4) is 0 Å². The molecule has 1 heterocycles. The van der Waals surface area contributed by atoms with Gasteiger partial charge in [-0.15, -0.1) is 0 Å². The van der Waals surface area contributed by atoms with Gasteiger partial charge in [-0.2, -0.15) is 4.99 Å². The van der Waals surface area contributed by atoms with Gasteiger partial charge < -0.3 is 16.8 Å². The van der Waals surface area contributed by atoms with Crippen molar-refractivity contribution in [3.63, 3.8) is 0 Å². The van der Waals surface area contributed by atoms with Gasteiger partial charge in [-0.3, -0.25) is 9.69 Å². The summed E-state index contributed by atoms with van der Waals surface area (Å²) in [5, 5.41) is 2.97. The van der Waals surface area contributed by atoms with E-state index in [1.165, 1.54) is 0 Å². The molecule has 2 aromatic carbocycles. The Morgan fingerprint density at radius 2 is 1.72 bits per heavy atom. The van der Waals surface area contributed by atoms with Crippen LogP contribution in [0.1, 0.15) is 48.0 Å². The highest BCUT2D eigenvalue weighted by Gasteiger charge is 2.43. The number of aryl methyl sites for hydroxylation is 1. The SMILES string of the molecule is Cc1ccc(NC(=O)c2ccccc2N2C(N)=NC(N)=NC23CCCCC3)cc1. The van der Waals surface area contributed by atoms with Gasteiger partial charge in [-0.25, -0.2) is 4.99 Å². The second-order valence-corrected chi connectivity index (χ2v) is 7.66. The molecule has 2 aromatic rings. The van der Waals surface area contributed by atoms with Gasteiger partial charge >= 0.3 is 0 Å². The molecular weight excluding hydrogens is 364 g/mol. The summed E-state index contributed by atoms with van der Waals surface area (Å²) in [7, 11) is 0. The van der Waals surface area contributed by atoms with Crippen LogP contribution in [0.4, 0.5) is 11.4 Å². The monoisotopic (exact) mass is 390 g/mol. The molecule has 0 saturated heterocycles. The zero-order valence-electron chi connectivity index (χ0n) is 16.6. The minimum atomic E-state index is -0.589. The highest BCUT2D eigenvalue weighted by atomic mass is 16.1. The lowest BCUT2D eigenvalue weighted by Crippen LogP contribution is -2.58. The Bertz CT molecular complexity index is 973. The average molecular weight is 390 g/mol. The number of amides is 1. The van der Waals surface area contributed by atoms with Crippen LogP contribution in [0.25, 0.3) is 0 Å². The summed E-state index contributed by atoms with van der Waals surface area (Å²) in [5.74, 6) is 0.267. The number of nitrogens with two attached hydrogens (primary N) is 2. The molecule has 0 radical (unpaired) electrons. The molecule has 7 heteroatoms. The predicted molar refractivity (Wildman–Crippen MR) is 117 cm³/mol. The van der Waals surface area contributed by atoms with E-state index in [1.807, 2.05) is 54.3 Å². The Hall–Kier alpha value is -3.35. The number of nitrogens with one attached hydrogen (secondary N) is 1. The lowest BCUT2D eigenvalue weighted by atomic mass is 9.87. The van der Waals surface area contributed by atoms with Gasteiger partial charge in [0.25, 0.3) is 5.91 Å². The Kier molecular flexibility index (Phi) is 4.96. The van der Waals surface area contributed by atoms with E-state index in [9.17, 15) is 4.79 Å². The number of aliphatic imine (C=N–C) groups is 2. The van der Waals surface area contributed by atoms with Crippen molar-refractivity contribution in [2.24, 2.45) is 21.5 Å². The van der Waals surface area contributed by atoms with Crippen LogP contribution in [0, 0.1) is 6.92 Å². The van der Waals surface area contributed by atoms with Crippen molar-refractivity contribution in [3.05, 3.63) is 59.7 Å². The molecule has 1 amide bonds. The van der Waals surface area contributed by atoms with Gasteiger partial charge in [0.2, 0.25) is 11.9 Å². The first-order valence-corrected chi connectivity index (χ1v) is 9.95. The highest BCUT2D eigenvalue weighted by Crippen LogP contribution is 2.40. The fraction of sp³-hybridized carbons (Fsp3) is 0.318. The quantitative estimate of drug-likeness (QED) is 0.746. The number of hydrogen-bond donors (Lipinski definition) is 3. The summed E-state index contributed by atoms with van der Waals surface area (Å²) in [5.41, 5.74) is 14.8. The molecule has 0 atom stereocenters. The summed E-state index contributed by atoms with van der Waals surface area (Å²) in [6, 6.07) is 15.1. The number of carbonyl (C=O) groups is 1. The van der Waals surface area contributed by atoms with Gasteiger partial charge in [0.15, 0.2) is 0 Å². The largest absolute Gasteiger partial charge is 0.369 e.